The second kappa shape index (κ2) is 4.38. The Labute approximate surface area is 89.7 Å². The summed E-state index contributed by atoms with van der Waals surface area (Å²) >= 11 is 0. The number of aromatic nitrogens is 1. The van der Waals surface area contributed by atoms with Crippen molar-refractivity contribution in [3.8, 4) is 0 Å². The molecule has 0 unspecified atom stereocenters. The van der Waals surface area contributed by atoms with Crippen LogP contribution in [0.4, 0.5) is 5.69 Å². The fraction of sp³-hybridized carbons (Fsp3) is 0.545. The molecule has 0 spiro atoms. The maximum Gasteiger partial charge on any atom is 0.338 e. The van der Waals surface area contributed by atoms with Crippen LogP contribution in [0.25, 0.3) is 0 Å². The summed E-state index contributed by atoms with van der Waals surface area (Å²) in [5.74, 6) is 0. The number of aryl methyl sites for hydroxylation is 2. The van der Waals surface area contributed by atoms with Crippen LogP contribution in [0, 0.1) is 17.0 Å². The minimum absolute atomic E-state index is 0.261. The molecule has 1 aromatic heterocycles. The van der Waals surface area contributed by atoms with Crippen LogP contribution in [0.15, 0.2) is 6.07 Å². The summed E-state index contributed by atoms with van der Waals surface area (Å²) in [6.45, 7) is 5.80. The first-order chi connectivity index (χ1) is 7.02. The van der Waals surface area contributed by atoms with Crippen LogP contribution in [-0.2, 0) is 19.9 Å². The standard InChI is InChI=1S/C11H17N2O2/c1-5-9-7-8(3)11(13(14)15)10(6-2)12(9)4/h7H,5-6H2,1-4H3/q+1. The first-order valence-electron chi connectivity index (χ1n) is 5.18. The minimum Gasteiger partial charge on any atom is -0.258 e. The molecular formula is C11H17N2O2+. The van der Waals surface area contributed by atoms with E-state index in [-0.39, 0.29) is 10.6 Å². The van der Waals surface area contributed by atoms with E-state index < -0.39 is 0 Å². The van der Waals surface area contributed by atoms with Gasteiger partial charge in [-0.15, -0.1) is 0 Å². The van der Waals surface area contributed by atoms with Gasteiger partial charge in [-0.1, -0.05) is 13.8 Å². The van der Waals surface area contributed by atoms with Crippen molar-refractivity contribution in [3.05, 3.63) is 33.1 Å². The van der Waals surface area contributed by atoms with E-state index in [1.54, 1.807) is 6.92 Å². The van der Waals surface area contributed by atoms with Crippen LogP contribution in [0.5, 0.6) is 0 Å². The van der Waals surface area contributed by atoms with Gasteiger partial charge in [-0.05, 0) is 6.92 Å². The molecule has 82 valence electrons. The summed E-state index contributed by atoms with van der Waals surface area (Å²) in [6, 6.07) is 1.90. The molecule has 0 aliphatic rings. The van der Waals surface area contributed by atoms with Crippen molar-refractivity contribution in [2.75, 3.05) is 0 Å². The molecule has 0 radical (unpaired) electrons. The molecule has 0 aliphatic heterocycles. The summed E-state index contributed by atoms with van der Waals surface area (Å²) < 4.78 is 1.94. The van der Waals surface area contributed by atoms with Gasteiger partial charge in [-0.2, -0.15) is 4.57 Å². The van der Waals surface area contributed by atoms with Gasteiger partial charge in [0.05, 0.1) is 4.92 Å². The molecular weight excluding hydrogens is 192 g/mol. The van der Waals surface area contributed by atoms with Gasteiger partial charge >= 0.3 is 5.69 Å². The molecule has 4 heteroatoms. The zero-order valence-electron chi connectivity index (χ0n) is 9.70. The average Bonchev–Trinajstić information content (AvgIpc) is 2.19. The fourth-order valence-corrected chi connectivity index (χ4v) is 1.97. The lowest BCUT2D eigenvalue weighted by Crippen LogP contribution is -2.39. The highest BCUT2D eigenvalue weighted by Crippen LogP contribution is 2.21. The SMILES string of the molecule is CCc1cc(C)c([N+](=O)[O-])c(CC)[n+]1C. The molecule has 4 nitrogen and oxygen atoms in total. The number of nitrogens with zero attached hydrogens (tertiary/aromatic N) is 2. The zero-order chi connectivity index (χ0) is 11.6. The third kappa shape index (κ3) is 1.98. The molecule has 1 rings (SSSR count). The molecule has 0 saturated carbocycles. The quantitative estimate of drug-likeness (QED) is 0.433. The summed E-state index contributed by atoms with van der Waals surface area (Å²) in [4.78, 5) is 10.7. The van der Waals surface area contributed by atoms with E-state index in [4.69, 9.17) is 0 Å². The second-order valence-electron chi connectivity index (χ2n) is 3.64. The number of rotatable bonds is 3. The second-order valence-corrected chi connectivity index (χ2v) is 3.64. The number of pyridine rings is 1. The third-order valence-corrected chi connectivity index (χ3v) is 2.75. The number of hydrogen-bond acceptors (Lipinski definition) is 2. The smallest absolute Gasteiger partial charge is 0.258 e. The molecule has 0 atom stereocenters. The van der Waals surface area contributed by atoms with Crippen LogP contribution >= 0.6 is 0 Å². The summed E-state index contributed by atoms with van der Waals surface area (Å²) in [6.07, 6.45) is 1.57. The number of nitro groups is 1. The fourth-order valence-electron chi connectivity index (χ4n) is 1.97. The van der Waals surface area contributed by atoms with Crippen LogP contribution in [0.3, 0.4) is 0 Å². The van der Waals surface area contributed by atoms with E-state index in [9.17, 15) is 10.1 Å². The Morgan fingerprint density at radius 2 is 2.00 bits per heavy atom. The van der Waals surface area contributed by atoms with Crippen molar-refractivity contribution in [1.29, 1.82) is 0 Å². The maximum absolute atomic E-state index is 10.9. The average molecular weight is 209 g/mol. The van der Waals surface area contributed by atoms with Crippen molar-refractivity contribution in [3.63, 3.8) is 0 Å². The first-order valence-corrected chi connectivity index (χ1v) is 5.18. The predicted molar refractivity (Wildman–Crippen MR) is 57.8 cm³/mol. The Morgan fingerprint density at radius 3 is 2.40 bits per heavy atom. The lowest BCUT2D eigenvalue weighted by atomic mass is 10.1. The zero-order valence-corrected chi connectivity index (χ0v) is 9.70. The largest absolute Gasteiger partial charge is 0.338 e. The topological polar surface area (TPSA) is 47.0 Å². The van der Waals surface area contributed by atoms with E-state index in [1.807, 2.05) is 24.6 Å². The van der Waals surface area contributed by atoms with Crippen molar-refractivity contribution in [2.24, 2.45) is 7.05 Å². The Hall–Kier alpha value is -1.45. The molecule has 1 aromatic rings. The molecule has 0 aromatic carbocycles. The van der Waals surface area contributed by atoms with Gasteiger partial charge in [0.2, 0.25) is 0 Å². The monoisotopic (exact) mass is 209 g/mol. The highest BCUT2D eigenvalue weighted by Gasteiger charge is 2.27. The highest BCUT2D eigenvalue weighted by atomic mass is 16.6. The Balaban J connectivity index is 3.53. The summed E-state index contributed by atoms with van der Waals surface area (Å²) in [7, 11) is 1.89. The van der Waals surface area contributed by atoms with Gasteiger partial charge in [-0.3, -0.25) is 10.1 Å². The lowest BCUT2D eigenvalue weighted by Gasteiger charge is -2.05. The van der Waals surface area contributed by atoms with Gasteiger partial charge in [0.15, 0.2) is 5.69 Å². The Morgan fingerprint density at radius 1 is 1.40 bits per heavy atom. The maximum atomic E-state index is 10.9. The lowest BCUT2D eigenvalue weighted by molar-refractivity contribution is -0.689. The molecule has 0 amide bonds. The summed E-state index contributed by atoms with van der Waals surface area (Å²) in [5, 5.41) is 10.9. The van der Waals surface area contributed by atoms with E-state index in [2.05, 4.69) is 6.92 Å². The first kappa shape index (κ1) is 11.6. The Bertz CT molecular complexity index is 400. The Kier molecular flexibility index (Phi) is 3.39. The van der Waals surface area contributed by atoms with Crippen molar-refractivity contribution >= 4 is 5.69 Å². The predicted octanol–water partition coefficient (Wildman–Crippen LogP) is 1.85. The normalized spacial score (nSPS) is 10.4. The summed E-state index contributed by atoms with van der Waals surface area (Å²) in [5.41, 5.74) is 2.95. The highest BCUT2D eigenvalue weighted by molar-refractivity contribution is 5.41. The van der Waals surface area contributed by atoms with E-state index in [0.717, 1.165) is 23.4 Å². The molecule has 15 heavy (non-hydrogen) atoms. The van der Waals surface area contributed by atoms with Crippen molar-refractivity contribution < 1.29 is 9.49 Å². The number of hydrogen-bond donors (Lipinski definition) is 0. The van der Waals surface area contributed by atoms with Gasteiger partial charge < -0.3 is 0 Å². The van der Waals surface area contributed by atoms with Gasteiger partial charge in [0, 0.05) is 24.5 Å². The van der Waals surface area contributed by atoms with Gasteiger partial charge in [0.25, 0.3) is 5.69 Å². The molecule has 0 aliphatic carbocycles. The molecule has 0 N–H and O–H groups in total. The van der Waals surface area contributed by atoms with Gasteiger partial charge in [0.1, 0.15) is 7.05 Å². The van der Waals surface area contributed by atoms with Crippen molar-refractivity contribution in [1.82, 2.24) is 0 Å². The van der Waals surface area contributed by atoms with E-state index >= 15 is 0 Å². The van der Waals surface area contributed by atoms with E-state index in [0.29, 0.717) is 6.42 Å². The van der Waals surface area contributed by atoms with Crippen LogP contribution in [0.1, 0.15) is 30.8 Å². The van der Waals surface area contributed by atoms with Gasteiger partial charge in [-0.25, -0.2) is 0 Å². The molecule has 0 saturated heterocycles. The van der Waals surface area contributed by atoms with Crippen molar-refractivity contribution in [2.45, 2.75) is 33.6 Å². The minimum atomic E-state index is -0.284. The molecule has 1 heterocycles. The van der Waals surface area contributed by atoms with E-state index in [1.165, 1.54) is 0 Å². The van der Waals surface area contributed by atoms with Crippen LogP contribution < -0.4 is 4.57 Å². The third-order valence-electron chi connectivity index (χ3n) is 2.75. The van der Waals surface area contributed by atoms with Crippen LogP contribution in [0.2, 0.25) is 0 Å². The van der Waals surface area contributed by atoms with Crippen LogP contribution in [-0.4, -0.2) is 4.92 Å². The molecule has 0 fully saturated rings. The molecule has 0 bridgehead atoms.